The second-order valence-electron chi connectivity index (χ2n) is 5.53. The maximum absolute atomic E-state index is 12.3. The summed E-state index contributed by atoms with van der Waals surface area (Å²) in [5.41, 5.74) is 7.60. The van der Waals surface area contributed by atoms with Crippen molar-refractivity contribution in [3.8, 4) is 0 Å². The minimum atomic E-state index is -0.0881. The van der Waals surface area contributed by atoms with Crippen molar-refractivity contribution in [2.75, 3.05) is 13.6 Å². The highest BCUT2D eigenvalue weighted by Gasteiger charge is 2.21. The zero-order valence-electron chi connectivity index (χ0n) is 12.4. The van der Waals surface area contributed by atoms with Crippen LogP contribution in [0.25, 0.3) is 0 Å². The van der Waals surface area contributed by atoms with Gasteiger partial charge in [0.2, 0.25) is 5.91 Å². The predicted molar refractivity (Wildman–Crippen MR) is 77.4 cm³/mol. The molecule has 1 heterocycles. The van der Waals surface area contributed by atoms with Gasteiger partial charge in [0.15, 0.2) is 0 Å². The summed E-state index contributed by atoms with van der Waals surface area (Å²) >= 11 is 0. The van der Waals surface area contributed by atoms with Gasteiger partial charge in [-0.1, -0.05) is 19.9 Å². The lowest BCUT2D eigenvalue weighted by atomic mass is 9.96. The van der Waals surface area contributed by atoms with Gasteiger partial charge in [-0.15, -0.1) is 0 Å². The molecule has 1 aromatic rings. The fourth-order valence-electron chi connectivity index (χ4n) is 2.19. The lowest BCUT2D eigenvalue weighted by molar-refractivity contribution is -0.135. The van der Waals surface area contributed by atoms with Crippen LogP contribution in [0.4, 0.5) is 0 Å². The van der Waals surface area contributed by atoms with Crippen molar-refractivity contribution < 1.29 is 4.79 Å². The number of carbonyl (C=O) groups is 1. The van der Waals surface area contributed by atoms with E-state index >= 15 is 0 Å². The summed E-state index contributed by atoms with van der Waals surface area (Å²) in [6, 6.07) is 5.86. The van der Waals surface area contributed by atoms with Crippen molar-refractivity contribution in [1.29, 1.82) is 0 Å². The summed E-state index contributed by atoms with van der Waals surface area (Å²) in [6.07, 6.45) is 0.834. The monoisotopic (exact) mass is 263 g/mol. The van der Waals surface area contributed by atoms with Gasteiger partial charge in [-0.2, -0.15) is 0 Å². The van der Waals surface area contributed by atoms with E-state index in [9.17, 15) is 4.79 Å². The number of hydrogen-bond donors (Lipinski definition) is 1. The Kier molecular flexibility index (Phi) is 5.96. The minimum absolute atomic E-state index is 0.0881. The predicted octanol–water partition coefficient (Wildman–Crippen LogP) is 1.97. The number of nitrogens with two attached hydrogens (primary N) is 1. The molecule has 4 heteroatoms. The largest absolute Gasteiger partial charge is 0.340 e. The molecule has 0 spiro atoms. The molecule has 2 N–H and O–H groups in total. The van der Waals surface area contributed by atoms with Crippen molar-refractivity contribution >= 4 is 5.91 Å². The molecule has 0 aromatic carbocycles. The standard InChI is InChI=1S/C15H25N3O/c1-11(2)8-13(9-16)15(19)18(4)10-14-7-5-6-12(3)17-14/h5-7,11,13H,8-10,16H2,1-4H3. The van der Waals surface area contributed by atoms with Gasteiger partial charge in [0, 0.05) is 19.3 Å². The molecular formula is C15H25N3O. The van der Waals surface area contributed by atoms with Gasteiger partial charge in [-0.05, 0) is 31.4 Å². The normalized spacial score (nSPS) is 12.5. The summed E-state index contributed by atoms with van der Waals surface area (Å²) < 4.78 is 0. The van der Waals surface area contributed by atoms with Crippen molar-refractivity contribution in [2.24, 2.45) is 17.6 Å². The molecule has 0 aliphatic carbocycles. The average Bonchev–Trinajstić information content (AvgIpc) is 2.34. The Morgan fingerprint density at radius 3 is 2.63 bits per heavy atom. The van der Waals surface area contributed by atoms with Gasteiger partial charge in [0.05, 0.1) is 18.2 Å². The topological polar surface area (TPSA) is 59.2 Å². The number of pyridine rings is 1. The third kappa shape index (κ3) is 4.99. The molecule has 0 aliphatic rings. The van der Waals surface area contributed by atoms with E-state index in [2.05, 4.69) is 18.8 Å². The van der Waals surface area contributed by atoms with Crippen LogP contribution in [-0.2, 0) is 11.3 Å². The fraction of sp³-hybridized carbons (Fsp3) is 0.600. The lowest BCUT2D eigenvalue weighted by Gasteiger charge is -2.23. The van der Waals surface area contributed by atoms with Crippen LogP contribution >= 0.6 is 0 Å². The first-order chi connectivity index (χ1) is 8.93. The number of carbonyl (C=O) groups excluding carboxylic acids is 1. The number of rotatable bonds is 6. The molecule has 4 nitrogen and oxygen atoms in total. The van der Waals surface area contributed by atoms with Gasteiger partial charge >= 0.3 is 0 Å². The molecule has 0 radical (unpaired) electrons. The van der Waals surface area contributed by atoms with Gasteiger partial charge in [-0.3, -0.25) is 9.78 Å². The summed E-state index contributed by atoms with van der Waals surface area (Å²) in [6.45, 7) is 7.11. The zero-order chi connectivity index (χ0) is 14.4. The minimum Gasteiger partial charge on any atom is -0.340 e. The first-order valence-electron chi connectivity index (χ1n) is 6.81. The van der Waals surface area contributed by atoms with E-state index < -0.39 is 0 Å². The Morgan fingerprint density at radius 1 is 1.42 bits per heavy atom. The van der Waals surface area contributed by atoms with Gasteiger partial charge < -0.3 is 10.6 Å². The van der Waals surface area contributed by atoms with Gasteiger partial charge in [0.25, 0.3) is 0 Å². The van der Waals surface area contributed by atoms with E-state index in [-0.39, 0.29) is 11.8 Å². The zero-order valence-corrected chi connectivity index (χ0v) is 12.4. The molecule has 0 fully saturated rings. The van der Waals surface area contributed by atoms with E-state index in [0.717, 1.165) is 17.8 Å². The van der Waals surface area contributed by atoms with Crippen LogP contribution < -0.4 is 5.73 Å². The summed E-state index contributed by atoms with van der Waals surface area (Å²) in [5.74, 6) is 0.498. The van der Waals surface area contributed by atoms with Crippen molar-refractivity contribution in [1.82, 2.24) is 9.88 Å². The molecule has 106 valence electrons. The summed E-state index contributed by atoms with van der Waals surface area (Å²) in [4.78, 5) is 18.5. The van der Waals surface area contributed by atoms with E-state index in [0.29, 0.717) is 19.0 Å². The van der Waals surface area contributed by atoms with E-state index in [1.54, 1.807) is 4.90 Å². The molecular weight excluding hydrogens is 238 g/mol. The SMILES string of the molecule is Cc1cccc(CN(C)C(=O)C(CN)CC(C)C)n1. The van der Waals surface area contributed by atoms with Crippen LogP contribution in [-0.4, -0.2) is 29.4 Å². The molecule has 0 saturated heterocycles. The lowest BCUT2D eigenvalue weighted by Crippen LogP contribution is -2.37. The maximum atomic E-state index is 12.3. The molecule has 0 aliphatic heterocycles. The summed E-state index contributed by atoms with van der Waals surface area (Å²) in [5, 5.41) is 0. The number of aromatic nitrogens is 1. The third-order valence-electron chi connectivity index (χ3n) is 3.11. The van der Waals surface area contributed by atoms with E-state index in [1.165, 1.54) is 0 Å². The molecule has 1 amide bonds. The molecule has 1 aromatic heterocycles. The molecule has 0 saturated carbocycles. The van der Waals surface area contributed by atoms with Crippen LogP contribution in [0.1, 0.15) is 31.7 Å². The molecule has 1 atom stereocenters. The molecule has 1 unspecified atom stereocenters. The number of aryl methyl sites for hydroxylation is 1. The van der Waals surface area contributed by atoms with Crippen molar-refractivity contribution in [2.45, 2.75) is 33.7 Å². The molecule has 19 heavy (non-hydrogen) atoms. The van der Waals surface area contributed by atoms with Crippen LogP contribution in [0.5, 0.6) is 0 Å². The smallest absolute Gasteiger partial charge is 0.227 e. The average molecular weight is 263 g/mol. The quantitative estimate of drug-likeness (QED) is 0.853. The van der Waals surface area contributed by atoms with Crippen LogP contribution in [0.15, 0.2) is 18.2 Å². The van der Waals surface area contributed by atoms with Gasteiger partial charge in [-0.25, -0.2) is 0 Å². The van der Waals surface area contributed by atoms with Crippen molar-refractivity contribution in [3.05, 3.63) is 29.6 Å². The Balaban J connectivity index is 2.65. The van der Waals surface area contributed by atoms with E-state index in [1.807, 2.05) is 32.2 Å². The molecule has 1 rings (SSSR count). The number of nitrogens with zero attached hydrogens (tertiary/aromatic N) is 2. The first-order valence-corrected chi connectivity index (χ1v) is 6.81. The Labute approximate surface area is 116 Å². The maximum Gasteiger partial charge on any atom is 0.227 e. The Hall–Kier alpha value is -1.42. The Bertz CT molecular complexity index is 418. The van der Waals surface area contributed by atoms with Gasteiger partial charge in [0.1, 0.15) is 0 Å². The number of hydrogen-bond acceptors (Lipinski definition) is 3. The Morgan fingerprint density at radius 2 is 2.11 bits per heavy atom. The highest BCUT2D eigenvalue weighted by Crippen LogP contribution is 2.14. The highest BCUT2D eigenvalue weighted by atomic mass is 16.2. The third-order valence-corrected chi connectivity index (χ3v) is 3.11. The van der Waals surface area contributed by atoms with Crippen LogP contribution in [0.2, 0.25) is 0 Å². The second-order valence-corrected chi connectivity index (χ2v) is 5.53. The highest BCUT2D eigenvalue weighted by molar-refractivity contribution is 5.78. The second kappa shape index (κ2) is 7.24. The van der Waals surface area contributed by atoms with Crippen LogP contribution in [0.3, 0.4) is 0 Å². The number of amides is 1. The fourth-order valence-corrected chi connectivity index (χ4v) is 2.19. The first kappa shape index (κ1) is 15.6. The summed E-state index contributed by atoms with van der Waals surface area (Å²) in [7, 11) is 1.81. The van der Waals surface area contributed by atoms with Crippen molar-refractivity contribution in [3.63, 3.8) is 0 Å². The van der Waals surface area contributed by atoms with Crippen LogP contribution in [0, 0.1) is 18.8 Å². The van der Waals surface area contributed by atoms with E-state index in [4.69, 9.17) is 5.73 Å². The molecule has 0 bridgehead atoms.